The predicted molar refractivity (Wildman–Crippen MR) is 49.9 cm³/mol. The number of hydrogen-bond donors (Lipinski definition) is 1. The fraction of sp³-hybridized carbons (Fsp3) is 0.364. The van der Waals surface area contributed by atoms with Crippen LogP contribution in [0.3, 0.4) is 0 Å². The van der Waals surface area contributed by atoms with E-state index in [1.807, 2.05) is 0 Å². The summed E-state index contributed by atoms with van der Waals surface area (Å²) in [6.45, 7) is 0. The van der Waals surface area contributed by atoms with Gasteiger partial charge in [-0.15, -0.1) is 0 Å². The van der Waals surface area contributed by atoms with Crippen LogP contribution in [0.4, 0.5) is 13.2 Å². The van der Waals surface area contributed by atoms with Gasteiger partial charge in [0.2, 0.25) is 0 Å². The summed E-state index contributed by atoms with van der Waals surface area (Å²) in [4.78, 5) is 10.6. The van der Waals surface area contributed by atoms with E-state index in [-0.39, 0.29) is 5.92 Å². The van der Waals surface area contributed by atoms with Gasteiger partial charge >= 0.3 is 12.1 Å². The summed E-state index contributed by atoms with van der Waals surface area (Å²) in [6.07, 6.45) is -3.82. The van der Waals surface area contributed by atoms with Crippen molar-refractivity contribution in [3.8, 4) is 0 Å². The summed E-state index contributed by atoms with van der Waals surface area (Å²) in [5.74, 6) is -1.44. The van der Waals surface area contributed by atoms with Gasteiger partial charge < -0.3 is 5.11 Å². The fourth-order valence-corrected chi connectivity index (χ4v) is 1.76. The molecule has 1 N–H and O–H groups in total. The Labute approximate surface area is 89.7 Å². The minimum absolute atomic E-state index is 0.125. The Morgan fingerprint density at radius 3 is 2.19 bits per heavy atom. The molecule has 0 aliphatic heterocycles. The van der Waals surface area contributed by atoms with Gasteiger partial charge in [-0.3, -0.25) is 4.79 Å². The van der Waals surface area contributed by atoms with E-state index in [1.165, 1.54) is 12.1 Å². The van der Waals surface area contributed by atoms with Crippen molar-refractivity contribution >= 4 is 5.97 Å². The van der Waals surface area contributed by atoms with Crippen molar-refractivity contribution in [1.82, 2.24) is 0 Å². The van der Waals surface area contributed by atoms with Crippen molar-refractivity contribution in [2.24, 2.45) is 5.92 Å². The molecule has 0 saturated heterocycles. The monoisotopic (exact) mass is 230 g/mol. The first-order chi connectivity index (χ1) is 7.39. The average molecular weight is 230 g/mol. The first-order valence-corrected chi connectivity index (χ1v) is 4.79. The van der Waals surface area contributed by atoms with E-state index in [4.69, 9.17) is 5.11 Å². The molecule has 5 heteroatoms. The Balaban J connectivity index is 2.13. The molecule has 1 saturated carbocycles. The van der Waals surface area contributed by atoms with Crippen LogP contribution in [0.1, 0.15) is 23.5 Å². The molecule has 1 aromatic carbocycles. The lowest BCUT2D eigenvalue weighted by molar-refractivity contribution is -0.139. The maximum Gasteiger partial charge on any atom is 0.416 e. The third-order valence-corrected chi connectivity index (χ3v) is 2.77. The predicted octanol–water partition coefficient (Wildman–Crippen LogP) is 2.89. The maximum absolute atomic E-state index is 12.2. The standard InChI is InChI=1S/C11H9F3O2/c12-11(13,14)7-3-1-6(2-4-7)8-5-9(8)10(15)16/h1-4,8-9H,5H2,(H,15,16)/t8-,9-/m0/s1. The SMILES string of the molecule is O=C(O)[C@H]1C[C@H]1c1ccc(C(F)(F)F)cc1. The number of aliphatic carboxylic acids is 1. The van der Waals surface area contributed by atoms with Gasteiger partial charge in [-0.1, -0.05) is 12.1 Å². The molecule has 0 radical (unpaired) electrons. The van der Waals surface area contributed by atoms with Gasteiger partial charge in [-0.2, -0.15) is 13.2 Å². The van der Waals surface area contributed by atoms with Crippen LogP contribution in [0.25, 0.3) is 0 Å². The molecule has 0 bridgehead atoms. The number of alkyl halides is 3. The Morgan fingerprint density at radius 2 is 1.81 bits per heavy atom. The Morgan fingerprint density at radius 1 is 1.25 bits per heavy atom. The van der Waals surface area contributed by atoms with E-state index in [0.717, 1.165) is 12.1 Å². The largest absolute Gasteiger partial charge is 0.481 e. The normalized spacial score (nSPS) is 24.2. The number of rotatable bonds is 2. The highest BCUT2D eigenvalue weighted by Gasteiger charge is 2.44. The number of carboxylic acid groups (broad SMARTS) is 1. The molecular formula is C11H9F3O2. The molecule has 0 unspecified atom stereocenters. The summed E-state index contributed by atoms with van der Waals surface area (Å²) in [5, 5.41) is 8.69. The number of halogens is 3. The van der Waals surface area contributed by atoms with E-state index in [0.29, 0.717) is 12.0 Å². The van der Waals surface area contributed by atoms with Gasteiger partial charge in [0.05, 0.1) is 11.5 Å². The van der Waals surface area contributed by atoms with Crippen molar-refractivity contribution < 1.29 is 23.1 Å². The topological polar surface area (TPSA) is 37.3 Å². The molecule has 0 aromatic heterocycles. The third-order valence-electron chi connectivity index (χ3n) is 2.77. The molecule has 86 valence electrons. The molecule has 2 nitrogen and oxygen atoms in total. The highest BCUT2D eigenvalue weighted by Crippen LogP contribution is 2.47. The van der Waals surface area contributed by atoms with Gasteiger partial charge in [0, 0.05) is 0 Å². The van der Waals surface area contributed by atoms with E-state index in [1.54, 1.807) is 0 Å². The lowest BCUT2D eigenvalue weighted by Crippen LogP contribution is -2.04. The summed E-state index contributed by atoms with van der Waals surface area (Å²) >= 11 is 0. The minimum atomic E-state index is -4.34. The van der Waals surface area contributed by atoms with Crippen molar-refractivity contribution in [3.63, 3.8) is 0 Å². The van der Waals surface area contributed by atoms with Gasteiger partial charge in [0.25, 0.3) is 0 Å². The Bertz CT molecular complexity index is 408. The zero-order valence-corrected chi connectivity index (χ0v) is 8.16. The fourth-order valence-electron chi connectivity index (χ4n) is 1.76. The summed E-state index contributed by atoms with van der Waals surface area (Å²) in [7, 11) is 0. The van der Waals surface area contributed by atoms with Crippen LogP contribution in [-0.4, -0.2) is 11.1 Å². The summed E-state index contributed by atoms with van der Waals surface area (Å²) in [5.41, 5.74) is -0.0378. The first-order valence-electron chi connectivity index (χ1n) is 4.79. The smallest absolute Gasteiger partial charge is 0.416 e. The lowest BCUT2D eigenvalue weighted by Gasteiger charge is -2.07. The van der Waals surface area contributed by atoms with Gasteiger partial charge in [0.15, 0.2) is 0 Å². The molecule has 1 fully saturated rings. The molecule has 1 aliphatic carbocycles. The van der Waals surface area contributed by atoms with Crippen molar-refractivity contribution in [2.75, 3.05) is 0 Å². The summed E-state index contributed by atoms with van der Waals surface area (Å²) < 4.78 is 36.7. The van der Waals surface area contributed by atoms with Crippen LogP contribution >= 0.6 is 0 Å². The van der Waals surface area contributed by atoms with Gasteiger partial charge in [0.1, 0.15) is 0 Å². The maximum atomic E-state index is 12.2. The van der Waals surface area contributed by atoms with Crippen LogP contribution in [0.5, 0.6) is 0 Å². The van der Waals surface area contributed by atoms with Crippen molar-refractivity contribution in [3.05, 3.63) is 35.4 Å². The van der Waals surface area contributed by atoms with E-state index < -0.39 is 23.6 Å². The highest BCUT2D eigenvalue weighted by molar-refractivity contribution is 5.75. The quantitative estimate of drug-likeness (QED) is 0.848. The zero-order valence-electron chi connectivity index (χ0n) is 8.16. The second kappa shape index (κ2) is 3.50. The lowest BCUT2D eigenvalue weighted by atomic mass is 10.1. The van der Waals surface area contributed by atoms with Crippen molar-refractivity contribution in [1.29, 1.82) is 0 Å². The average Bonchev–Trinajstić information content (AvgIpc) is 2.96. The Hall–Kier alpha value is -1.52. The molecule has 1 aromatic rings. The van der Waals surface area contributed by atoms with Gasteiger partial charge in [-0.25, -0.2) is 0 Å². The van der Waals surface area contributed by atoms with Crippen LogP contribution in [0.2, 0.25) is 0 Å². The number of carboxylic acids is 1. The van der Waals surface area contributed by atoms with Gasteiger partial charge in [-0.05, 0) is 30.0 Å². The van der Waals surface area contributed by atoms with Crippen LogP contribution in [-0.2, 0) is 11.0 Å². The molecule has 1 aliphatic rings. The highest BCUT2D eigenvalue weighted by atomic mass is 19.4. The van der Waals surface area contributed by atoms with E-state index in [2.05, 4.69) is 0 Å². The Kier molecular flexibility index (Phi) is 2.40. The van der Waals surface area contributed by atoms with E-state index in [9.17, 15) is 18.0 Å². The van der Waals surface area contributed by atoms with Crippen molar-refractivity contribution in [2.45, 2.75) is 18.5 Å². The first kappa shape index (κ1) is 11.0. The number of benzene rings is 1. The molecule has 16 heavy (non-hydrogen) atoms. The second-order valence-corrected chi connectivity index (χ2v) is 3.91. The third kappa shape index (κ3) is 2.03. The number of carbonyl (C=O) groups is 1. The molecule has 2 rings (SSSR count). The van der Waals surface area contributed by atoms with Crippen LogP contribution in [0.15, 0.2) is 24.3 Å². The number of hydrogen-bond acceptors (Lipinski definition) is 1. The molecule has 2 atom stereocenters. The van der Waals surface area contributed by atoms with Crippen LogP contribution < -0.4 is 0 Å². The summed E-state index contributed by atoms with van der Waals surface area (Å²) in [6, 6.07) is 4.70. The zero-order chi connectivity index (χ0) is 11.9. The second-order valence-electron chi connectivity index (χ2n) is 3.91. The van der Waals surface area contributed by atoms with E-state index >= 15 is 0 Å². The van der Waals surface area contributed by atoms with Crippen LogP contribution in [0, 0.1) is 5.92 Å². The minimum Gasteiger partial charge on any atom is -0.481 e. The molecule has 0 amide bonds. The molecular weight excluding hydrogens is 221 g/mol. The molecule has 0 heterocycles. The molecule has 0 spiro atoms.